The number of rotatable bonds is 3. The largest absolute Gasteiger partial charge is 0.311 e. The van der Waals surface area contributed by atoms with Crippen molar-refractivity contribution in [1.29, 1.82) is 0 Å². The summed E-state index contributed by atoms with van der Waals surface area (Å²) in [7, 11) is 0. The van der Waals surface area contributed by atoms with Crippen molar-refractivity contribution in [3.05, 3.63) is 148 Å². The summed E-state index contributed by atoms with van der Waals surface area (Å²) in [6, 6.07) is 42.4. The van der Waals surface area contributed by atoms with E-state index in [1.807, 2.05) is 0 Å². The molecule has 2 aliphatic heterocycles. The zero-order valence-corrected chi connectivity index (χ0v) is 47.4. The molecule has 0 spiro atoms. The topological polar surface area (TPSA) is 6.48 Å². The Balaban J connectivity index is 1.26. The molecule has 6 aromatic carbocycles. The van der Waals surface area contributed by atoms with Gasteiger partial charge in [0.2, 0.25) is 0 Å². The first-order chi connectivity index (χ1) is 33.7. The second-order valence-corrected chi connectivity index (χ2v) is 29.1. The van der Waals surface area contributed by atoms with E-state index in [-0.39, 0.29) is 39.2 Å². The van der Waals surface area contributed by atoms with Crippen LogP contribution in [0.15, 0.2) is 103 Å². The number of nitrogens with zero attached hydrogens (tertiary/aromatic N) is 2. The van der Waals surface area contributed by atoms with Crippen molar-refractivity contribution in [3.63, 3.8) is 0 Å². The highest BCUT2D eigenvalue weighted by Crippen LogP contribution is 2.57. The Morgan fingerprint density at radius 3 is 1.68 bits per heavy atom. The molecule has 3 aliphatic carbocycles. The highest BCUT2D eigenvalue weighted by atomic mass is 32.1. The summed E-state index contributed by atoms with van der Waals surface area (Å²) in [5.41, 5.74) is 25.4. The Morgan fingerprint density at radius 1 is 0.514 bits per heavy atom. The van der Waals surface area contributed by atoms with Crippen LogP contribution in [0.25, 0.3) is 21.2 Å². The summed E-state index contributed by atoms with van der Waals surface area (Å²) in [5.74, 6) is 1.08. The maximum atomic E-state index is 2.83. The molecule has 1 aromatic heterocycles. The van der Waals surface area contributed by atoms with Gasteiger partial charge in [-0.2, -0.15) is 0 Å². The van der Waals surface area contributed by atoms with Crippen LogP contribution in [-0.2, 0) is 32.5 Å². The molecule has 0 radical (unpaired) electrons. The third kappa shape index (κ3) is 7.21. The maximum absolute atomic E-state index is 2.83. The lowest BCUT2D eigenvalue weighted by molar-refractivity contribution is 0.332. The minimum absolute atomic E-state index is 0.0240. The summed E-state index contributed by atoms with van der Waals surface area (Å²) < 4.78 is 2.90. The molecule has 0 saturated carbocycles. The Morgan fingerprint density at radius 2 is 1.07 bits per heavy atom. The molecule has 0 saturated heterocycles. The summed E-state index contributed by atoms with van der Waals surface area (Å²) in [6.07, 6.45) is 7.22. The first-order valence-electron chi connectivity index (χ1n) is 27.7. The predicted octanol–water partition coefficient (Wildman–Crippen LogP) is 17.9. The smallest absolute Gasteiger partial charge is 0.264 e. The number of fused-ring (bicyclic) bond motifs is 9. The molecule has 2 atom stereocenters. The van der Waals surface area contributed by atoms with Gasteiger partial charge in [0.05, 0.1) is 11.4 Å². The molecule has 4 heteroatoms. The number of anilines is 6. The Kier molecular flexibility index (Phi) is 10.5. The van der Waals surface area contributed by atoms with E-state index in [1.165, 1.54) is 143 Å². The Labute approximate surface area is 437 Å². The highest BCUT2D eigenvalue weighted by Gasteiger charge is 2.48. The van der Waals surface area contributed by atoms with Crippen molar-refractivity contribution in [2.75, 3.05) is 9.80 Å². The number of hydrogen-bond donors (Lipinski definition) is 0. The van der Waals surface area contributed by atoms with Gasteiger partial charge in [0.15, 0.2) is 0 Å². The highest BCUT2D eigenvalue weighted by molar-refractivity contribution is 7.33. The van der Waals surface area contributed by atoms with Crippen LogP contribution in [0.4, 0.5) is 34.1 Å². The van der Waals surface area contributed by atoms with Crippen LogP contribution in [0.2, 0.25) is 0 Å². The fraction of sp³-hybridized carbons (Fsp3) is 0.441. The first-order valence-corrected chi connectivity index (χ1v) is 28.5. The van der Waals surface area contributed by atoms with Gasteiger partial charge in [-0.25, -0.2) is 0 Å². The average Bonchev–Trinajstić information content (AvgIpc) is 3.70. The second kappa shape index (κ2) is 15.7. The molecule has 0 N–H and O–H groups in total. The van der Waals surface area contributed by atoms with Gasteiger partial charge in [0, 0.05) is 43.2 Å². The van der Waals surface area contributed by atoms with E-state index in [4.69, 9.17) is 0 Å². The molecule has 5 aliphatic rings. The minimum atomic E-state index is -0.123. The molecule has 0 amide bonds. The SMILES string of the molecule is CC1CCC(C)c2cc3c4c(sc3cc21)B1c2cc(C(C)(C)C)ccc2N(c2ccc3c(c2)C(C)(C)CCC3(C)C)c2cc(C(C)(C)C)cc(c21)N4c1cc2c(cc1-c1ccccc1)C(C)(C)CCC2(C)C. The van der Waals surface area contributed by atoms with E-state index in [2.05, 4.69) is 235 Å². The van der Waals surface area contributed by atoms with Crippen LogP contribution in [-0.4, -0.2) is 6.71 Å². The quantitative estimate of drug-likeness (QED) is 0.163. The molecular weight excluding hydrogens is 888 g/mol. The summed E-state index contributed by atoms with van der Waals surface area (Å²) in [5, 5.41) is 1.41. The van der Waals surface area contributed by atoms with Gasteiger partial charge in [-0.1, -0.05) is 159 Å². The van der Waals surface area contributed by atoms with Crippen LogP contribution >= 0.6 is 11.3 Å². The van der Waals surface area contributed by atoms with Crippen LogP contribution in [0.1, 0.15) is 206 Å². The van der Waals surface area contributed by atoms with Crippen molar-refractivity contribution in [1.82, 2.24) is 0 Å². The molecular formula is C68H79BN2S. The third-order valence-electron chi connectivity index (χ3n) is 19.1. The van der Waals surface area contributed by atoms with Crippen molar-refractivity contribution in [2.24, 2.45) is 0 Å². The fourth-order valence-electron chi connectivity index (χ4n) is 14.0. The molecule has 72 heavy (non-hydrogen) atoms. The van der Waals surface area contributed by atoms with E-state index in [0.717, 1.165) is 0 Å². The van der Waals surface area contributed by atoms with Crippen molar-refractivity contribution < 1.29 is 0 Å². The van der Waals surface area contributed by atoms with Crippen LogP contribution in [0.3, 0.4) is 0 Å². The molecule has 0 fully saturated rings. The molecule has 7 aromatic rings. The summed E-state index contributed by atoms with van der Waals surface area (Å²) in [4.78, 5) is 5.54. The van der Waals surface area contributed by atoms with Gasteiger partial charge in [0.25, 0.3) is 6.71 Å². The zero-order valence-electron chi connectivity index (χ0n) is 46.6. The lowest BCUT2D eigenvalue weighted by Crippen LogP contribution is -2.60. The van der Waals surface area contributed by atoms with E-state index in [0.29, 0.717) is 11.8 Å². The molecule has 3 heterocycles. The van der Waals surface area contributed by atoms with Gasteiger partial charge in [-0.05, 0) is 198 Å². The third-order valence-corrected chi connectivity index (χ3v) is 20.3. The molecule has 12 rings (SSSR count). The molecule has 2 nitrogen and oxygen atoms in total. The Hall–Kier alpha value is -5.06. The maximum Gasteiger partial charge on any atom is 0.264 e. The standard InChI is InChI=1S/C68H79BN2S/c1-40-22-23-41(2)47-38-59-49(36-46(40)47)61-62(72-59)69-54-32-43(63(3,4)5)24-27-55(54)70(45-25-26-50-51(35-45)66(11,12)29-28-65(50,9)10)57-33-44(64(6,7)8)34-58(60(57)69)71(61)56-39-53-52(67(13,14)30-31-68(53,15)16)37-48(56)42-20-18-17-19-21-42/h17-21,24-27,32-41H,22-23,28-31H2,1-16H3. The van der Waals surface area contributed by atoms with Crippen molar-refractivity contribution in [3.8, 4) is 11.1 Å². The van der Waals surface area contributed by atoms with E-state index < -0.39 is 0 Å². The normalized spacial score (nSPS) is 21.1. The lowest BCUT2D eigenvalue weighted by atomic mass is 9.36. The molecule has 370 valence electrons. The van der Waals surface area contributed by atoms with E-state index in [9.17, 15) is 0 Å². The van der Waals surface area contributed by atoms with Gasteiger partial charge >= 0.3 is 0 Å². The summed E-state index contributed by atoms with van der Waals surface area (Å²) >= 11 is 2.08. The van der Waals surface area contributed by atoms with Crippen molar-refractivity contribution >= 4 is 78.0 Å². The second-order valence-electron chi connectivity index (χ2n) is 28.0. The van der Waals surface area contributed by atoms with Crippen LogP contribution in [0.5, 0.6) is 0 Å². The van der Waals surface area contributed by atoms with E-state index in [1.54, 1.807) is 11.1 Å². The van der Waals surface area contributed by atoms with Crippen molar-refractivity contribution in [2.45, 2.75) is 194 Å². The zero-order chi connectivity index (χ0) is 51.0. The predicted molar refractivity (Wildman–Crippen MR) is 315 cm³/mol. The number of hydrogen-bond acceptors (Lipinski definition) is 3. The van der Waals surface area contributed by atoms with E-state index >= 15 is 0 Å². The lowest BCUT2D eigenvalue weighted by Gasteiger charge is -2.47. The first kappa shape index (κ1) is 47.9. The van der Waals surface area contributed by atoms with Crippen LogP contribution < -0.4 is 25.5 Å². The van der Waals surface area contributed by atoms with Gasteiger partial charge in [-0.3, -0.25) is 0 Å². The fourth-order valence-corrected chi connectivity index (χ4v) is 15.4. The number of thiophene rings is 1. The minimum Gasteiger partial charge on any atom is -0.311 e. The molecule has 2 unspecified atom stereocenters. The van der Waals surface area contributed by atoms with Gasteiger partial charge < -0.3 is 9.80 Å². The average molecular weight is 967 g/mol. The number of benzene rings is 6. The van der Waals surface area contributed by atoms with Gasteiger partial charge in [-0.15, -0.1) is 11.3 Å². The molecule has 0 bridgehead atoms. The summed E-state index contributed by atoms with van der Waals surface area (Å²) in [6.45, 7) is 39.3. The van der Waals surface area contributed by atoms with Crippen LogP contribution in [0, 0.1) is 0 Å². The Bertz CT molecular complexity index is 3380. The monoisotopic (exact) mass is 967 g/mol. The van der Waals surface area contributed by atoms with Gasteiger partial charge in [0.1, 0.15) is 0 Å².